The summed E-state index contributed by atoms with van der Waals surface area (Å²) in [7, 11) is 0. The van der Waals surface area contributed by atoms with E-state index in [0.717, 1.165) is 35.6 Å². The molecule has 3 rings (SSSR count). The standard InChI is InChI=1S/C18H21N3O/c1-13-18(19-17(22)12-15-8-6-7-9-15)14(2)21(20-13)16-10-4-3-5-11-16/h3-6,8,10-11,15H,7,9,12H2,1-2H3,(H,19,22)/t15-/m0/s1. The Morgan fingerprint density at radius 2 is 2.09 bits per heavy atom. The first-order chi connectivity index (χ1) is 10.6. The maximum Gasteiger partial charge on any atom is 0.225 e. The van der Waals surface area contributed by atoms with E-state index in [1.807, 2.05) is 48.9 Å². The van der Waals surface area contributed by atoms with Gasteiger partial charge < -0.3 is 5.32 Å². The van der Waals surface area contributed by atoms with E-state index < -0.39 is 0 Å². The van der Waals surface area contributed by atoms with Crippen molar-refractivity contribution in [2.75, 3.05) is 5.32 Å². The Labute approximate surface area is 130 Å². The summed E-state index contributed by atoms with van der Waals surface area (Å²) in [4.78, 5) is 12.2. The number of aromatic nitrogens is 2. The summed E-state index contributed by atoms with van der Waals surface area (Å²) in [5, 5.41) is 7.59. The van der Waals surface area contributed by atoms with Gasteiger partial charge in [0, 0.05) is 6.42 Å². The molecule has 0 spiro atoms. The number of carbonyl (C=O) groups is 1. The molecule has 1 aromatic carbocycles. The third-order valence-electron chi connectivity index (χ3n) is 4.12. The van der Waals surface area contributed by atoms with Crippen molar-refractivity contribution in [2.45, 2.75) is 33.1 Å². The molecule has 1 heterocycles. The summed E-state index contributed by atoms with van der Waals surface area (Å²) in [6, 6.07) is 9.96. The summed E-state index contributed by atoms with van der Waals surface area (Å²) in [5.41, 5.74) is 3.63. The monoisotopic (exact) mass is 295 g/mol. The number of carbonyl (C=O) groups excluding carboxylic acids is 1. The molecule has 4 heteroatoms. The summed E-state index contributed by atoms with van der Waals surface area (Å²) >= 11 is 0. The van der Waals surface area contributed by atoms with Crippen molar-refractivity contribution in [3.05, 3.63) is 53.9 Å². The Hall–Kier alpha value is -2.36. The number of nitrogens with zero attached hydrogens (tertiary/aromatic N) is 2. The van der Waals surface area contributed by atoms with Gasteiger partial charge in [0.05, 0.1) is 22.8 Å². The topological polar surface area (TPSA) is 46.9 Å². The lowest BCUT2D eigenvalue weighted by atomic mass is 10.0. The highest BCUT2D eigenvalue weighted by Gasteiger charge is 2.18. The minimum atomic E-state index is 0.0651. The van der Waals surface area contributed by atoms with Crippen LogP contribution in [0.2, 0.25) is 0 Å². The van der Waals surface area contributed by atoms with Crippen molar-refractivity contribution in [3.63, 3.8) is 0 Å². The van der Waals surface area contributed by atoms with Crippen LogP contribution in [0.15, 0.2) is 42.5 Å². The van der Waals surface area contributed by atoms with Crippen molar-refractivity contribution >= 4 is 11.6 Å². The molecular weight excluding hydrogens is 274 g/mol. The van der Waals surface area contributed by atoms with E-state index in [2.05, 4.69) is 22.6 Å². The van der Waals surface area contributed by atoms with Crippen LogP contribution in [0.3, 0.4) is 0 Å². The highest BCUT2D eigenvalue weighted by molar-refractivity contribution is 5.92. The van der Waals surface area contributed by atoms with Gasteiger partial charge in [0.15, 0.2) is 0 Å². The molecule has 1 N–H and O–H groups in total. The second kappa shape index (κ2) is 6.18. The molecular formula is C18H21N3O. The van der Waals surface area contributed by atoms with Crippen LogP contribution in [-0.4, -0.2) is 15.7 Å². The van der Waals surface area contributed by atoms with Crippen molar-refractivity contribution in [1.29, 1.82) is 0 Å². The molecule has 4 nitrogen and oxygen atoms in total. The molecule has 0 fully saturated rings. The molecule has 0 unspecified atom stereocenters. The Bertz CT molecular complexity index is 701. The van der Waals surface area contributed by atoms with Crippen LogP contribution in [-0.2, 0) is 4.79 Å². The van der Waals surface area contributed by atoms with E-state index in [1.54, 1.807) is 0 Å². The zero-order valence-corrected chi connectivity index (χ0v) is 13.0. The average molecular weight is 295 g/mol. The van der Waals surface area contributed by atoms with Gasteiger partial charge in [0.1, 0.15) is 0 Å². The van der Waals surface area contributed by atoms with Crippen LogP contribution in [0, 0.1) is 19.8 Å². The zero-order valence-electron chi connectivity index (χ0n) is 13.0. The van der Waals surface area contributed by atoms with Crippen molar-refractivity contribution < 1.29 is 4.79 Å². The molecule has 114 valence electrons. The zero-order chi connectivity index (χ0) is 15.5. The first-order valence-electron chi connectivity index (χ1n) is 7.73. The van der Waals surface area contributed by atoms with E-state index in [9.17, 15) is 4.79 Å². The lowest BCUT2D eigenvalue weighted by Crippen LogP contribution is -2.15. The minimum Gasteiger partial charge on any atom is -0.323 e. The Balaban J connectivity index is 1.78. The van der Waals surface area contributed by atoms with Gasteiger partial charge in [-0.15, -0.1) is 0 Å². The number of allylic oxidation sites excluding steroid dienone is 2. The smallest absolute Gasteiger partial charge is 0.225 e. The number of rotatable bonds is 4. The second-order valence-electron chi connectivity index (χ2n) is 5.81. The molecule has 0 saturated carbocycles. The summed E-state index contributed by atoms with van der Waals surface area (Å²) < 4.78 is 1.88. The third kappa shape index (κ3) is 2.96. The molecule has 22 heavy (non-hydrogen) atoms. The maximum atomic E-state index is 12.2. The van der Waals surface area contributed by atoms with Gasteiger partial charge in [-0.2, -0.15) is 5.10 Å². The normalized spacial score (nSPS) is 16.9. The largest absolute Gasteiger partial charge is 0.323 e. The first kappa shape index (κ1) is 14.6. The van der Waals surface area contributed by atoms with Gasteiger partial charge in [0.2, 0.25) is 5.91 Å². The van der Waals surface area contributed by atoms with Gasteiger partial charge in [-0.25, -0.2) is 4.68 Å². The van der Waals surface area contributed by atoms with Crippen LogP contribution < -0.4 is 5.32 Å². The van der Waals surface area contributed by atoms with E-state index in [0.29, 0.717) is 12.3 Å². The SMILES string of the molecule is Cc1nn(-c2ccccc2)c(C)c1NC(=O)C[C@H]1C=CCC1. The van der Waals surface area contributed by atoms with Gasteiger partial charge >= 0.3 is 0 Å². The second-order valence-corrected chi connectivity index (χ2v) is 5.81. The van der Waals surface area contributed by atoms with Crippen LogP contribution in [0.25, 0.3) is 5.69 Å². The summed E-state index contributed by atoms with van der Waals surface area (Å²) in [5.74, 6) is 0.445. The van der Waals surface area contributed by atoms with Gasteiger partial charge in [-0.3, -0.25) is 4.79 Å². The quantitative estimate of drug-likeness (QED) is 0.872. The number of anilines is 1. The molecule has 2 aromatic rings. The fourth-order valence-electron chi connectivity index (χ4n) is 2.94. The Morgan fingerprint density at radius 1 is 1.32 bits per heavy atom. The molecule has 1 aliphatic rings. The highest BCUT2D eigenvalue weighted by Crippen LogP contribution is 2.25. The average Bonchev–Trinajstić information content (AvgIpc) is 3.11. The molecule has 1 amide bonds. The van der Waals surface area contributed by atoms with Crippen molar-refractivity contribution in [1.82, 2.24) is 9.78 Å². The number of nitrogens with one attached hydrogen (secondary N) is 1. The number of amides is 1. The predicted molar refractivity (Wildman–Crippen MR) is 88.1 cm³/mol. The van der Waals surface area contributed by atoms with Crippen LogP contribution in [0.5, 0.6) is 0 Å². The highest BCUT2D eigenvalue weighted by atomic mass is 16.1. The molecule has 0 saturated heterocycles. The first-order valence-corrected chi connectivity index (χ1v) is 7.73. The summed E-state index contributed by atoms with van der Waals surface area (Å²) in [6.07, 6.45) is 7.01. The molecule has 1 atom stereocenters. The number of aryl methyl sites for hydroxylation is 1. The molecule has 0 bridgehead atoms. The van der Waals surface area contributed by atoms with Crippen LogP contribution in [0.4, 0.5) is 5.69 Å². The molecule has 0 aliphatic heterocycles. The van der Waals surface area contributed by atoms with Crippen molar-refractivity contribution in [3.8, 4) is 5.69 Å². The maximum absolute atomic E-state index is 12.2. The van der Waals surface area contributed by atoms with Gasteiger partial charge in [-0.1, -0.05) is 30.4 Å². The number of hydrogen-bond donors (Lipinski definition) is 1. The van der Waals surface area contributed by atoms with E-state index in [1.165, 1.54) is 0 Å². The van der Waals surface area contributed by atoms with Gasteiger partial charge in [-0.05, 0) is 44.7 Å². The van der Waals surface area contributed by atoms with E-state index in [-0.39, 0.29) is 5.91 Å². The van der Waals surface area contributed by atoms with Gasteiger partial charge in [0.25, 0.3) is 0 Å². The number of hydrogen-bond acceptors (Lipinski definition) is 2. The molecule has 1 aromatic heterocycles. The lowest BCUT2D eigenvalue weighted by molar-refractivity contribution is -0.116. The Morgan fingerprint density at radius 3 is 2.77 bits per heavy atom. The Kier molecular flexibility index (Phi) is 4.09. The lowest BCUT2D eigenvalue weighted by Gasteiger charge is -2.09. The van der Waals surface area contributed by atoms with E-state index >= 15 is 0 Å². The predicted octanol–water partition coefficient (Wildman–Crippen LogP) is 3.78. The van der Waals surface area contributed by atoms with Crippen LogP contribution in [0.1, 0.15) is 30.7 Å². The fourth-order valence-corrected chi connectivity index (χ4v) is 2.94. The molecule has 0 radical (unpaired) electrons. The fraction of sp³-hybridized carbons (Fsp3) is 0.333. The summed E-state index contributed by atoms with van der Waals surface area (Å²) in [6.45, 7) is 3.91. The van der Waals surface area contributed by atoms with Crippen molar-refractivity contribution in [2.24, 2.45) is 5.92 Å². The minimum absolute atomic E-state index is 0.0651. The van der Waals surface area contributed by atoms with Crippen LogP contribution >= 0.6 is 0 Å². The van der Waals surface area contributed by atoms with E-state index in [4.69, 9.17) is 0 Å². The third-order valence-corrected chi connectivity index (χ3v) is 4.12. The number of para-hydroxylation sites is 1. The number of benzene rings is 1. The molecule has 1 aliphatic carbocycles.